The Morgan fingerprint density at radius 2 is 1.42 bits per heavy atom. The van der Waals surface area contributed by atoms with Crippen molar-refractivity contribution in [1.82, 2.24) is 5.32 Å². The lowest BCUT2D eigenvalue weighted by molar-refractivity contribution is 0.0939. The summed E-state index contributed by atoms with van der Waals surface area (Å²) in [7, 11) is 1.61. The Bertz CT molecular complexity index is 902. The van der Waals surface area contributed by atoms with Crippen LogP contribution in [0.1, 0.15) is 31.8 Å². The lowest BCUT2D eigenvalue weighted by atomic mass is 9.98. The van der Waals surface area contributed by atoms with Crippen molar-refractivity contribution in [2.24, 2.45) is 0 Å². The van der Waals surface area contributed by atoms with Gasteiger partial charge < -0.3 is 10.1 Å². The molecule has 0 atom stereocenters. The van der Waals surface area contributed by atoms with Gasteiger partial charge in [0.15, 0.2) is 5.78 Å². The fraction of sp³-hybridized carbons (Fsp3) is 0.0909. The summed E-state index contributed by atoms with van der Waals surface area (Å²) in [5.74, 6) is 0.320. The summed E-state index contributed by atoms with van der Waals surface area (Å²) in [6.45, 7) is 0.372. The fourth-order valence-electron chi connectivity index (χ4n) is 2.65. The van der Waals surface area contributed by atoms with Crippen LogP contribution in [0, 0.1) is 0 Å². The van der Waals surface area contributed by atoms with Crippen LogP contribution in [0.3, 0.4) is 0 Å². The Morgan fingerprint density at radius 3 is 2.08 bits per heavy atom. The number of nitrogens with one attached hydrogen (secondary N) is 1. The minimum atomic E-state index is -0.277. The summed E-state index contributed by atoms with van der Waals surface area (Å²) in [6.07, 6.45) is 0. The summed E-state index contributed by atoms with van der Waals surface area (Å²) < 4.78 is 5.12. The molecule has 26 heavy (non-hydrogen) atoms. The number of ether oxygens (including phenoxy) is 1. The van der Waals surface area contributed by atoms with E-state index in [1.807, 2.05) is 30.3 Å². The monoisotopic (exact) mass is 345 g/mol. The average molecular weight is 345 g/mol. The van der Waals surface area contributed by atoms with Gasteiger partial charge in [-0.25, -0.2) is 0 Å². The van der Waals surface area contributed by atoms with E-state index >= 15 is 0 Å². The average Bonchev–Trinajstić information content (AvgIpc) is 2.72. The highest BCUT2D eigenvalue weighted by Crippen LogP contribution is 2.15. The summed E-state index contributed by atoms with van der Waals surface area (Å²) >= 11 is 0. The first-order valence-corrected chi connectivity index (χ1v) is 8.29. The molecular formula is C22H19NO3. The molecule has 0 heterocycles. The maximum atomic E-state index is 12.7. The van der Waals surface area contributed by atoms with E-state index in [9.17, 15) is 9.59 Å². The highest BCUT2D eigenvalue weighted by Gasteiger charge is 2.17. The Labute approximate surface area is 152 Å². The quantitative estimate of drug-likeness (QED) is 0.690. The van der Waals surface area contributed by atoms with E-state index in [0.29, 0.717) is 23.2 Å². The predicted octanol–water partition coefficient (Wildman–Crippen LogP) is 3.86. The second kappa shape index (κ2) is 8.12. The molecule has 3 aromatic rings. The molecule has 1 N–H and O–H groups in total. The molecule has 0 aliphatic carbocycles. The van der Waals surface area contributed by atoms with Crippen LogP contribution < -0.4 is 10.1 Å². The molecule has 4 heteroatoms. The van der Waals surface area contributed by atoms with Crippen LogP contribution in [0.2, 0.25) is 0 Å². The Morgan fingerprint density at radius 1 is 0.808 bits per heavy atom. The molecule has 0 aliphatic rings. The van der Waals surface area contributed by atoms with Gasteiger partial charge >= 0.3 is 0 Å². The number of methoxy groups -OCH3 is 1. The van der Waals surface area contributed by atoms with E-state index in [0.717, 1.165) is 11.3 Å². The molecule has 0 fully saturated rings. The smallest absolute Gasteiger partial charge is 0.252 e. The number of hydrogen-bond donors (Lipinski definition) is 1. The zero-order valence-electron chi connectivity index (χ0n) is 14.4. The van der Waals surface area contributed by atoms with Crippen molar-refractivity contribution in [3.05, 3.63) is 101 Å². The number of ketones is 1. The number of carbonyl (C=O) groups excluding carboxylic acids is 2. The van der Waals surface area contributed by atoms with Gasteiger partial charge in [0, 0.05) is 17.7 Å². The molecular weight excluding hydrogens is 326 g/mol. The lowest BCUT2D eigenvalue weighted by Gasteiger charge is -2.10. The van der Waals surface area contributed by atoms with E-state index in [2.05, 4.69) is 5.32 Å². The van der Waals surface area contributed by atoms with E-state index in [4.69, 9.17) is 4.74 Å². The van der Waals surface area contributed by atoms with Crippen LogP contribution in [0.15, 0.2) is 78.9 Å². The van der Waals surface area contributed by atoms with Gasteiger partial charge in [0.05, 0.1) is 12.7 Å². The van der Waals surface area contributed by atoms with Crippen LogP contribution in [-0.2, 0) is 6.54 Å². The molecule has 1 amide bonds. The Kier molecular flexibility index (Phi) is 5.44. The third kappa shape index (κ3) is 3.98. The van der Waals surface area contributed by atoms with Gasteiger partial charge in [-0.1, -0.05) is 60.7 Å². The third-order valence-corrected chi connectivity index (χ3v) is 4.06. The summed E-state index contributed by atoms with van der Waals surface area (Å²) in [5.41, 5.74) is 2.27. The zero-order chi connectivity index (χ0) is 18.4. The molecule has 0 saturated carbocycles. The molecule has 0 radical (unpaired) electrons. The molecule has 0 unspecified atom stereocenters. The molecule has 3 aromatic carbocycles. The molecule has 4 nitrogen and oxygen atoms in total. The van der Waals surface area contributed by atoms with Crippen LogP contribution in [0.25, 0.3) is 0 Å². The fourth-order valence-corrected chi connectivity index (χ4v) is 2.65. The van der Waals surface area contributed by atoms with Crippen molar-refractivity contribution in [1.29, 1.82) is 0 Å². The Hall–Kier alpha value is -3.40. The normalized spacial score (nSPS) is 10.2. The molecule has 3 rings (SSSR count). The first-order chi connectivity index (χ1) is 12.7. The second-order valence-corrected chi connectivity index (χ2v) is 5.77. The number of hydrogen-bond acceptors (Lipinski definition) is 3. The molecule has 0 bridgehead atoms. The third-order valence-electron chi connectivity index (χ3n) is 4.06. The highest BCUT2D eigenvalue weighted by molar-refractivity contribution is 6.15. The van der Waals surface area contributed by atoms with Gasteiger partial charge in [-0.05, 0) is 23.8 Å². The highest BCUT2D eigenvalue weighted by atomic mass is 16.5. The first kappa shape index (κ1) is 17.4. The van der Waals surface area contributed by atoms with Gasteiger partial charge in [-0.2, -0.15) is 0 Å². The van der Waals surface area contributed by atoms with E-state index in [-0.39, 0.29) is 11.7 Å². The first-order valence-electron chi connectivity index (χ1n) is 8.29. The van der Waals surface area contributed by atoms with Crippen LogP contribution >= 0.6 is 0 Å². The molecule has 0 saturated heterocycles. The van der Waals surface area contributed by atoms with Crippen LogP contribution in [0.4, 0.5) is 0 Å². The summed E-state index contributed by atoms with van der Waals surface area (Å²) in [5, 5.41) is 2.87. The maximum absolute atomic E-state index is 12.7. The largest absolute Gasteiger partial charge is 0.497 e. The summed E-state index contributed by atoms with van der Waals surface area (Å²) in [6, 6.07) is 23.3. The van der Waals surface area contributed by atoms with Gasteiger partial charge in [0.2, 0.25) is 0 Å². The van der Waals surface area contributed by atoms with Gasteiger partial charge in [0.1, 0.15) is 5.75 Å². The second-order valence-electron chi connectivity index (χ2n) is 5.77. The van der Waals surface area contributed by atoms with Crippen LogP contribution in [0.5, 0.6) is 5.75 Å². The maximum Gasteiger partial charge on any atom is 0.252 e. The number of rotatable bonds is 6. The van der Waals surface area contributed by atoms with Crippen molar-refractivity contribution >= 4 is 11.7 Å². The van der Waals surface area contributed by atoms with Crippen molar-refractivity contribution < 1.29 is 14.3 Å². The summed E-state index contributed by atoms with van der Waals surface area (Å²) in [4.78, 5) is 25.3. The number of amides is 1. The van der Waals surface area contributed by atoms with Crippen molar-refractivity contribution in [2.45, 2.75) is 6.54 Å². The van der Waals surface area contributed by atoms with Crippen LogP contribution in [-0.4, -0.2) is 18.8 Å². The van der Waals surface area contributed by atoms with E-state index in [1.54, 1.807) is 55.6 Å². The molecule has 0 aromatic heterocycles. The number of benzene rings is 3. The number of carbonyl (C=O) groups is 2. The Balaban J connectivity index is 1.76. The topological polar surface area (TPSA) is 55.4 Å². The van der Waals surface area contributed by atoms with Gasteiger partial charge in [-0.15, -0.1) is 0 Å². The van der Waals surface area contributed by atoms with Gasteiger partial charge in [0.25, 0.3) is 5.91 Å². The van der Waals surface area contributed by atoms with Crippen molar-refractivity contribution in [3.63, 3.8) is 0 Å². The van der Waals surface area contributed by atoms with Crippen molar-refractivity contribution in [2.75, 3.05) is 7.11 Å². The van der Waals surface area contributed by atoms with Gasteiger partial charge in [-0.3, -0.25) is 9.59 Å². The minimum absolute atomic E-state index is 0.166. The molecule has 0 aliphatic heterocycles. The predicted molar refractivity (Wildman–Crippen MR) is 100 cm³/mol. The molecule has 0 spiro atoms. The standard InChI is InChI=1S/C22H19NO3/c1-26-18-13-11-16(12-14-18)15-23-22(25)20-10-6-5-9-19(20)21(24)17-7-3-2-4-8-17/h2-14H,15H2,1H3,(H,23,25). The van der Waals surface area contributed by atoms with E-state index < -0.39 is 0 Å². The van der Waals surface area contributed by atoms with E-state index in [1.165, 1.54) is 0 Å². The lowest BCUT2D eigenvalue weighted by Crippen LogP contribution is -2.25. The minimum Gasteiger partial charge on any atom is -0.497 e. The van der Waals surface area contributed by atoms with Crippen molar-refractivity contribution in [3.8, 4) is 5.75 Å². The zero-order valence-corrected chi connectivity index (χ0v) is 14.4. The SMILES string of the molecule is COc1ccc(CNC(=O)c2ccccc2C(=O)c2ccccc2)cc1. The molecule has 130 valence electrons.